The van der Waals surface area contributed by atoms with Crippen LogP contribution in [0.5, 0.6) is 5.75 Å². The third-order valence-electron chi connectivity index (χ3n) is 3.01. The van der Waals surface area contributed by atoms with Gasteiger partial charge in [-0.3, -0.25) is 0 Å². The molecule has 0 aliphatic rings. The lowest BCUT2D eigenvalue weighted by molar-refractivity contribution is 0.312. The van der Waals surface area contributed by atoms with E-state index in [9.17, 15) is 0 Å². The molecule has 1 atom stereocenters. The Morgan fingerprint density at radius 3 is 3.00 bits per heavy atom. The van der Waals surface area contributed by atoms with E-state index >= 15 is 0 Å². The van der Waals surface area contributed by atoms with Gasteiger partial charge in [0.05, 0.1) is 12.6 Å². The summed E-state index contributed by atoms with van der Waals surface area (Å²) in [6.07, 6.45) is 4.61. The summed E-state index contributed by atoms with van der Waals surface area (Å²) < 4.78 is 6.84. The molecule has 0 saturated carbocycles. The van der Waals surface area contributed by atoms with Crippen molar-refractivity contribution in [1.29, 1.82) is 0 Å². The maximum Gasteiger partial charge on any atom is 0.123 e. The Balaban J connectivity index is 2.02. The third-order valence-corrected chi connectivity index (χ3v) is 3.51. The van der Waals surface area contributed by atoms with Crippen molar-refractivity contribution in [3.8, 4) is 5.75 Å². The van der Waals surface area contributed by atoms with Crippen LogP contribution in [0.3, 0.4) is 0 Å². The van der Waals surface area contributed by atoms with Crippen LogP contribution in [0, 0.1) is 0 Å². The van der Waals surface area contributed by atoms with E-state index in [0.717, 1.165) is 41.2 Å². The number of nitrogens with zero attached hydrogens (tertiary/aromatic N) is 1. The van der Waals surface area contributed by atoms with Gasteiger partial charge in [0.2, 0.25) is 0 Å². The molecule has 2 N–H and O–H groups in total. The van der Waals surface area contributed by atoms with E-state index in [0.29, 0.717) is 0 Å². The Kier molecular flexibility index (Phi) is 5.61. The van der Waals surface area contributed by atoms with Crippen LogP contribution in [0.25, 0.3) is 0 Å². The number of aromatic amines is 1. The van der Waals surface area contributed by atoms with Gasteiger partial charge < -0.3 is 15.0 Å². The molecule has 108 valence electrons. The average molecular weight is 338 g/mol. The first-order valence-electron chi connectivity index (χ1n) is 6.84. The number of aromatic nitrogens is 2. The van der Waals surface area contributed by atoms with Crippen LogP contribution < -0.4 is 10.1 Å². The highest BCUT2D eigenvalue weighted by atomic mass is 79.9. The van der Waals surface area contributed by atoms with Gasteiger partial charge >= 0.3 is 0 Å². The molecule has 2 aromatic rings. The molecule has 1 aromatic heterocycles. The lowest BCUT2D eigenvalue weighted by Crippen LogP contribution is -2.19. The number of imidazole rings is 1. The van der Waals surface area contributed by atoms with E-state index in [1.807, 2.05) is 18.3 Å². The van der Waals surface area contributed by atoms with E-state index in [1.54, 1.807) is 6.20 Å². The summed E-state index contributed by atoms with van der Waals surface area (Å²) in [7, 11) is 0. The van der Waals surface area contributed by atoms with Gasteiger partial charge in [-0.05, 0) is 31.5 Å². The molecule has 0 fully saturated rings. The van der Waals surface area contributed by atoms with Gasteiger partial charge in [-0.1, -0.05) is 22.9 Å². The Morgan fingerprint density at radius 1 is 1.45 bits per heavy atom. The molecule has 2 rings (SSSR count). The molecule has 0 aliphatic heterocycles. The van der Waals surface area contributed by atoms with E-state index in [-0.39, 0.29) is 6.04 Å². The van der Waals surface area contributed by atoms with E-state index in [1.165, 1.54) is 0 Å². The van der Waals surface area contributed by atoms with Gasteiger partial charge in [0, 0.05) is 29.0 Å². The largest absolute Gasteiger partial charge is 0.493 e. The number of ether oxygens (including phenoxy) is 1. The summed E-state index contributed by atoms with van der Waals surface area (Å²) in [5, 5.41) is 3.45. The molecule has 1 aromatic carbocycles. The zero-order chi connectivity index (χ0) is 14.4. The molecule has 0 amide bonds. The first-order chi connectivity index (χ1) is 9.70. The standard InChI is InChI=1S/C15H20BrN3O/c1-3-8-20-14-5-4-13(16)9-12(14)10-19-11(2)15-17-6-7-18-15/h4-7,9,11,19H,3,8,10H2,1-2H3,(H,17,18). The van der Waals surface area contributed by atoms with Gasteiger partial charge in [-0.2, -0.15) is 0 Å². The van der Waals surface area contributed by atoms with Crippen molar-refractivity contribution in [2.45, 2.75) is 32.9 Å². The van der Waals surface area contributed by atoms with Crippen molar-refractivity contribution in [3.63, 3.8) is 0 Å². The Hall–Kier alpha value is -1.33. The maximum absolute atomic E-state index is 5.78. The number of hydrogen-bond donors (Lipinski definition) is 2. The van der Waals surface area contributed by atoms with Crippen LogP contribution in [-0.2, 0) is 6.54 Å². The predicted octanol–water partition coefficient (Wildman–Crippen LogP) is 3.81. The minimum atomic E-state index is 0.169. The number of rotatable bonds is 7. The van der Waals surface area contributed by atoms with Crippen LogP contribution in [0.1, 0.15) is 37.7 Å². The molecule has 5 heteroatoms. The van der Waals surface area contributed by atoms with Gasteiger partial charge in [-0.25, -0.2) is 4.98 Å². The summed E-state index contributed by atoms with van der Waals surface area (Å²) in [4.78, 5) is 7.38. The van der Waals surface area contributed by atoms with Gasteiger partial charge in [-0.15, -0.1) is 0 Å². The molecule has 1 heterocycles. The number of halogens is 1. The monoisotopic (exact) mass is 337 g/mol. The number of H-pyrrole nitrogens is 1. The molecule has 20 heavy (non-hydrogen) atoms. The average Bonchev–Trinajstić information content (AvgIpc) is 2.98. The number of benzene rings is 1. The summed E-state index contributed by atoms with van der Waals surface area (Å²) in [5.74, 6) is 1.88. The minimum Gasteiger partial charge on any atom is -0.493 e. The van der Waals surface area contributed by atoms with Crippen molar-refractivity contribution in [3.05, 3.63) is 46.5 Å². The molecule has 1 unspecified atom stereocenters. The van der Waals surface area contributed by atoms with E-state index in [4.69, 9.17) is 4.74 Å². The fraction of sp³-hybridized carbons (Fsp3) is 0.400. The van der Waals surface area contributed by atoms with E-state index < -0.39 is 0 Å². The fourth-order valence-corrected chi connectivity index (χ4v) is 2.32. The molecule has 0 spiro atoms. The third kappa shape index (κ3) is 4.08. The van der Waals surface area contributed by atoms with Crippen LogP contribution in [0.2, 0.25) is 0 Å². The Bertz CT molecular complexity index is 528. The second-order valence-electron chi connectivity index (χ2n) is 4.68. The smallest absolute Gasteiger partial charge is 0.123 e. The molecule has 4 nitrogen and oxygen atoms in total. The first-order valence-corrected chi connectivity index (χ1v) is 7.64. The summed E-state index contributed by atoms with van der Waals surface area (Å²) in [6.45, 7) is 5.67. The topological polar surface area (TPSA) is 49.9 Å². The van der Waals surface area contributed by atoms with Crippen LogP contribution in [-0.4, -0.2) is 16.6 Å². The molecular formula is C15H20BrN3O. The molecule has 0 radical (unpaired) electrons. The quantitative estimate of drug-likeness (QED) is 0.807. The molecule has 0 saturated heterocycles. The first kappa shape index (κ1) is 15.1. The summed E-state index contributed by atoms with van der Waals surface area (Å²) >= 11 is 3.51. The number of nitrogens with one attached hydrogen (secondary N) is 2. The Labute approximate surface area is 128 Å². The molecule has 0 aliphatic carbocycles. The highest BCUT2D eigenvalue weighted by Crippen LogP contribution is 2.24. The molecule has 0 bridgehead atoms. The number of hydrogen-bond acceptors (Lipinski definition) is 3. The molecular weight excluding hydrogens is 318 g/mol. The normalized spacial score (nSPS) is 12.3. The van der Waals surface area contributed by atoms with E-state index in [2.05, 4.69) is 51.1 Å². The van der Waals surface area contributed by atoms with Crippen LogP contribution in [0.15, 0.2) is 35.1 Å². The lowest BCUT2D eigenvalue weighted by atomic mass is 10.2. The van der Waals surface area contributed by atoms with Crippen molar-refractivity contribution >= 4 is 15.9 Å². The van der Waals surface area contributed by atoms with Crippen molar-refractivity contribution in [2.24, 2.45) is 0 Å². The summed E-state index contributed by atoms with van der Waals surface area (Å²) in [5.41, 5.74) is 1.14. The highest BCUT2D eigenvalue weighted by molar-refractivity contribution is 9.10. The van der Waals surface area contributed by atoms with Crippen LogP contribution >= 0.6 is 15.9 Å². The zero-order valence-electron chi connectivity index (χ0n) is 11.8. The SMILES string of the molecule is CCCOc1ccc(Br)cc1CNC(C)c1ncc[nH]1. The van der Waals surface area contributed by atoms with Gasteiger partial charge in [0.1, 0.15) is 11.6 Å². The van der Waals surface area contributed by atoms with Gasteiger partial charge in [0.15, 0.2) is 0 Å². The lowest BCUT2D eigenvalue weighted by Gasteiger charge is -2.15. The highest BCUT2D eigenvalue weighted by Gasteiger charge is 2.09. The predicted molar refractivity (Wildman–Crippen MR) is 83.8 cm³/mol. The van der Waals surface area contributed by atoms with Crippen molar-refractivity contribution in [1.82, 2.24) is 15.3 Å². The van der Waals surface area contributed by atoms with Crippen molar-refractivity contribution < 1.29 is 4.74 Å². The fourth-order valence-electron chi connectivity index (χ4n) is 1.91. The maximum atomic E-state index is 5.78. The zero-order valence-corrected chi connectivity index (χ0v) is 13.4. The van der Waals surface area contributed by atoms with Crippen LogP contribution in [0.4, 0.5) is 0 Å². The van der Waals surface area contributed by atoms with Crippen molar-refractivity contribution in [2.75, 3.05) is 6.61 Å². The second kappa shape index (κ2) is 7.45. The minimum absolute atomic E-state index is 0.169. The second-order valence-corrected chi connectivity index (χ2v) is 5.59. The summed E-state index contributed by atoms with van der Waals surface area (Å²) in [6, 6.07) is 6.27. The Morgan fingerprint density at radius 2 is 2.30 bits per heavy atom. The van der Waals surface area contributed by atoms with Gasteiger partial charge in [0.25, 0.3) is 0 Å².